The lowest BCUT2D eigenvalue weighted by Gasteiger charge is -2.54. The molecule has 4 heteroatoms. The SMILES string of the molecule is CC1Cc2ccccc2N(C2(CC(=O)O)CNC2)C1. The lowest BCUT2D eigenvalue weighted by Crippen LogP contribution is -2.71. The molecule has 2 N–H and O–H groups in total. The summed E-state index contributed by atoms with van der Waals surface area (Å²) in [7, 11) is 0. The molecule has 0 amide bonds. The molecule has 0 spiro atoms. The van der Waals surface area contributed by atoms with Crippen LogP contribution in [0.4, 0.5) is 5.69 Å². The normalized spacial score (nSPS) is 24.5. The standard InChI is InChI=1S/C15H20N2O2/c1-11-6-12-4-2-3-5-13(12)17(8-11)15(7-14(18)19)9-16-10-15/h2-5,11,16H,6-10H2,1H3,(H,18,19). The van der Waals surface area contributed by atoms with Crippen molar-refractivity contribution in [1.29, 1.82) is 0 Å². The van der Waals surface area contributed by atoms with Crippen molar-refractivity contribution in [2.45, 2.75) is 25.3 Å². The first-order chi connectivity index (χ1) is 9.11. The van der Waals surface area contributed by atoms with Gasteiger partial charge in [0.2, 0.25) is 0 Å². The Kier molecular flexibility index (Phi) is 2.97. The third kappa shape index (κ3) is 2.10. The number of anilines is 1. The predicted molar refractivity (Wildman–Crippen MR) is 74.5 cm³/mol. The second-order valence-electron chi connectivity index (χ2n) is 5.95. The van der Waals surface area contributed by atoms with E-state index in [1.165, 1.54) is 11.3 Å². The maximum Gasteiger partial charge on any atom is 0.305 e. The molecule has 1 saturated heterocycles. The molecule has 102 valence electrons. The minimum absolute atomic E-state index is 0.209. The number of rotatable bonds is 3. The van der Waals surface area contributed by atoms with Gasteiger partial charge in [0.05, 0.1) is 12.0 Å². The smallest absolute Gasteiger partial charge is 0.305 e. The summed E-state index contributed by atoms with van der Waals surface area (Å²) in [6, 6.07) is 8.40. The van der Waals surface area contributed by atoms with Gasteiger partial charge in [-0.1, -0.05) is 25.1 Å². The molecule has 0 radical (unpaired) electrons. The Bertz CT molecular complexity index is 497. The first-order valence-corrected chi connectivity index (χ1v) is 6.89. The van der Waals surface area contributed by atoms with Crippen molar-refractivity contribution in [1.82, 2.24) is 5.32 Å². The van der Waals surface area contributed by atoms with Crippen molar-refractivity contribution in [3.8, 4) is 0 Å². The van der Waals surface area contributed by atoms with Gasteiger partial charge in [-0.25, -0.2) is 0 Å². The molecule has 1 atom stereocenters. The number of carbonyl (C=O) groups is 1. The van der Waals surface area contributed by atoms with Crippen LogP contribution in [-0.4, -0.2) is 36.2 Å². The molecule has 2 aliphatic rings. The molecule has 1 unspecified atom stereocenters. The summed E-state index contributed by atoms with van der Waals surface area (Å²) < 4.78 is 0. The zero-order valence-electron chi connectivity index (χ0n) is 11.2. The van der Waals surface area contributed by atoms with E-state index in [-0.39, 0.29) is 12.0 Å². The summed E-state index contributed by atoms with van der Waals surface area (Å²) in [5.74, 6) is -0.140. The molecule has 4 nitrogen and oxygen atoms in total. The average Bonchev–Trinajstić information content (AvgIpc) is 2.32. The van der Waals surface area contributed by atoms with Crippen molar-refractivity contribution in [2.24, 2.45) is 5.92 Å². The lowest BCUT2D eigenvalue weighted by molar-refractivity contribution is -0.139. The fourth-order valence-corrected chi connectivity index (χ4v) is 3.35. The number of nitrogens with one attached hydrogen (secondary N) is 1. The monoisotopic (exact) mass is 260 g/mol. The number of carboxylic acid groups (broad SMARTS) is 1. The highest BCUT2D eigenvalue weighted by Crippen LogP contribution is 2.37. The number of para-hydroxylation sites is 1. The van der Waals surface area contributed by atoms with Crippen LogP contribution in [0.25, 0.3) is 0 Å². The molecule has 0 bridgehead atoms. The highest BCUT2D eigenvalue weighted by atomic mass is 16.4. The average molecular weight is 260 g/mol. The van der Waals surface area contributed by atoms with E-state index in [9.17, 15) is 9.90 Å². The quantitative estimate of drug-likeness (QED) is 0.865. The van der Waals surface area contributed by atoms with Crippen LogP contribution in [-0.2, 0) is 11.2 Å². The molecule has 3 rings (SSSR count). The van der Waals surface area contributed by atoms with Crippen molar-refractivity contribution >= 4 is 11.7 Å². The van der Waals surface area contributed by atoms with Gasteiger partial charge in [-0.05, 0) is 24.0 Å². The number of aliphatic carboxylic acids is 1. The minimum atomic E-state index is -0.711. The van der Waals surface area contributed by atoms with Crippen molar-refractivity contribution < 1.29 is 9.90 Å². The highest BCUT2D eigenvalue weighted by Gasteiger charge is 2.46. The zero-order chi connectivity index (χ0) is 13.5. The Morgan fingerprint density at radius 1 is 1.47 bits per heavy atom. The molecular weight excluding hydrogens is 240 g/mol. The number of hydrogen-bond donors (Lipinski definition) is 2. The molecule has 1 fully saturated rings. The summed E-state index contributed by atoms with van der Waals surface area (Å²) in [6.07, 6.45) is 1.30. The van der Waals surface area contributed by atoms with E-state index in [1.54, 1.807) is 0 Å². The van der Waals surface area contributed by atoms with Gasteiger partial charge >= 0.3 is 5.97 Å². The molecule has 0 saturated carbocycles. The Hall–Kier alpha value is -1.55. The number of carboxylic acids is 1. The van der Waals surface area contributed by atoms with E-state index in [1.807, 2.05) is 6.07 Å². The maximum absolute atomic E-state index is 11.2. The molecule has 19 heavy (non-hydrogen) atoms. The molecule has 2 heterocycles. The van der Waals surface area contributed by atoms with E-state index in [0.717, 1.165) is 26.1 Å². The number of fused-ring (bicyclic) bond motifs is 1. The first kappa shape index (κ1) is 12.5. The van der Waals surface area contributed by atoms with Crippen molar-refractivity contribution in [3.63, 3.8) is 0 Å². The maximum atomic E-state index is 11.2. The summed E-state index contributed by atoms with van der Waals surface area (Å²) in [5.41, 5.74) is 2.33. The highest BCUT2D eigenvalue weighted by molar-refractivity contribution is 5.71. The van der Waals surface area contributed by atoms with E-state index in [0.29, 0.717) is 5.92 Å². The Morgan fingerprint density at radius 2 is 2.21 bits per heavy atom. The second kappa shape index (κ2) is 4.53. The van der Waals surface area contributed by atoms with Crippen LogP contribution in [0.5, 0.6) is 0 Å². The molecule has 0 aromatic heterocycles. The van der Waals surface area contributed by atoms with Crippen molar-refractivity contribution in [2.75, 3.05) is 24.5 Å². The van der Waals surface area contributed by atoms with E-state index in [2.05, 4.69) is 35.3 Å². The molecule has 1 aromatic rings. The zero-order valence-corrected chi connectivity index (χ0v) is 11.2. The fraction of sp³-hybridized carbons (Fsp3) is 0.533. The summed E-state index contributed by atoms with van der Waals surface area (Å²) in [4.78, 5) is 13.5. The van der Waals surface area contributed by atoms with Crippen LogP contribution in [0.15, 0.2) is 24.3 Å². The lowest BCUT2D eigenvalue weighted by atomic mass is 9.82. The summed E-state index contributed by atoms with van der Waals surface area (Å²) in [6.45, 7) is 4.72. The minimum Gasteiger partial charge on any atom is -0.481 e. The predicted octanol–water partition coefficient (Wildman–Crippen LogP) is 1.50. The fourth-order valence-electron chi connectivity index (χ4n) is 3.35. The first-order valence-electron chi connectivity index (χ1n) is 6.89. The summed E-state index contributed by atoms with van der Waals surface area (Å²) >= 11 is 0. The third-order valence-corrected chi connectivity index (χ3v) is 4.31. The largest absolute Gasteiger partial charge is 0.481 e. The van der Waals surface area contributed by atoms with Crippen LogP contribution in [0.2, 0.25) is 0 Å². The number of nitrogens with zero attached hydrogens (tertiary/aromatic N) is 1. The van der Waals surface area contributed by atoms with E-state index >= 15 is 0 Å². The van der Waals surface area contributed by atoms with Gasteiger partial charge < -0.3 is 15.3 Å². The second-order valence-corrected chi connectivity index (χ2v) is 5.95. The molecule has 1 aromatic carbocycles. The topological polar surface area (TPSA) is 52.6 Å². The Morgan fingerprint density at radius 3 is 2.84 bits per heavy atom. The van der Waals surface area contributed by atoms with Gasteiger partial charge in [-0.15, -0.1) is 0 Å². The van der Waals surface area contributed by atoms with Crippen LogP contribution >= 0.6 is 0 Å². The van der Waals surface area contributed by atoms with E-state index < -0.39 is 5.97 Å². The number of hydrogen-bond acceptors (Lipinski definition) is 3. The third-order valence-electron chi connectivity index (χ3n) is 4.31. The van der Waals surface area contributed by atoms with Gasteiger partial charge in [-0.3, -0.25) is 4.79 Å². The van der Waals surface area contributed by atoms with Gasteiger partial charge in [0.25, 0.3) is 0 Å². The molecular formula is C15H20N2O2. The van der Waals surface area contributed by atoms with Crippen molar-refractivity contribution in [3.05, 3.63) is 29.8 Å². The van der Waals surface area contributed by atoms with Gasteiger partial charge in [-0.2, -0.15) is 0 Å². The van der Waals surface area contributed by atoms with E-state index in [4.69, 9.17) is 0 Å². The van der Waals surface area contributed by atoms with Gasteiger partial charge in [0.15, 0.2) is 0 Å². The van der Waals surface area contributed by atoms with Gasteiger partial charge in [0, 0.05) is 25.3 Å². The van der Waals surface area contributed by atoms with Crippen LogP contribution in [0, 0.1) is 5.92 Å². The number of benzene rings is 1. The van der Waals surface area contributed by atoms with Crippen LogP contribution < -0.4 is 10.2 Å². The molecule has 2 aliphatic heterocycles. The Balaban J connectivity index is 1.97. The molecule has 0 aliphatic carbocycles. The van der Waals surface area contributed by atoms with Gasteiger partial charge in [0.1, 0.15) is 0 Å². The Labute approximate surface area is 113 Å². The van der Waals surface area contributed by atoms with Crippen LogP contribution in [0.3, 0.4) is 0 Å². The summed E-state index contributed by atoms with van der Waals surface area (Å²) in [5, 5.41) is 12.4. The van der Waals surface area contributed by atoms with Crippen LogP contribution in [0.1, 0.15) is 18.9 Å².